The molecule has 1 N–H and O–H groups in total. The van der Waals surface area contributed by atoms with Gasteiger partial charge in [0.25, 0.3) is 0 Å². The molecule has 7 heteroatoms. The van der Waals surface area contributed by atoms with E-state index in [2.05, 4.69) is 49.2 Å². The standard InChI is InChI=1S/C14H19Br2N3O2/c1-3-5-17-12(10-4-7-21-14(10)16)13-11(15)9-18-19(13)6-8-20-2/h4,7,9,12,17H,3,5-6,8H2,1-2H3. The number of nitrogens with one attached hydrogen (secondary N) is 1. The van der Waals surface area contributed by atoms with Crippen LogP contribution in [-0.2, 0) is 11.3 Å². The first-order valence-corrected chi connectivity index (χ1v) is 8.44. The highest BCUT2D eigenvalue weighted by molar-refractivity contribution is 9.10. The summed E-state index contributed by atoms with van der Waals surface area (Å²) in [4.78, 5) is 0. The van der Waals surface area contributed by atoms with Gasteiger partial charge in [0.15, 0.2) is 4.67 Å². The molecule has 0 saturated carbocycles. The van der Waals surface area contributed by atoms with Crippen LogP contribution in [0.25, 0.3) is 0 Å². The van der Waals surface area contributed by atoms with E-state index >= 15 is 0 Å². The van der Waals surface area contributed by atoms with Gasteiger partial charge in [-0.05, 0) is 50.9 Å². The van der Waals surface area contributed by atoms with Gasteiger partial charge in [-0.1, -0.05) is 6.92 Å². The molecule has 1 unspecified atom stereocenters. The zero-order valence-electron chi connectivity index (χ0n) is 12.1. The number of halogens is 2. The number of rotatable bonds is 8. The summed E-state index contributed by atoms with van der Waals surface area (Å²) >= 11 is 7.07. The minimum atomic E-state index is 0.00630. The molecule has 2 rings (SSSR count). The Bertz CT molecular complexity index is 568. The van der Waals surface area contributed by atoms with Crippen LogP contribution in [-0.4, -0.2) is 30.0 Å². The summed E-state index contributed by atoms with van der Waals surface area (Å²) in [6, 6.07) is 1.98. The molecule has 0 saturated heterocycles. The van der Waals surface area contributed by atoms with Crippen molar-refractivity contribution in [1.82, 2.24) is 15.1 Å². The average molecular weight is 421 g/mol. The van der Waals surface area contributed by atoms with Crippen molar-refractivity contribution in [3.8, 4) is 0 Å². The van der Waals surface area contributed by atoms with Gasteiger partial charge in [-0.15, -0.1) is 0 Å². The first-order valence-electron chi connectivity index (χ1n) is 6.85. The quantitative estimate of drug-likeness (QED) is 0.706. The van der Waals surface area contributed by atoms with Crippen LogP contribution >= 0.6 is 31.9 Å². The van der Waals surface area contributed by atoms with E-state index in [1.54, 1.807) is 13.4 Å². The minimum Gasteiger partial charge on any atom is -0.457 e. The number of furan rings is 1. The van der Waals surface area contributed by atoms with Crippen molar-refractivity contribution in [1.29, 1.82) is 0 Å². The van der Waals surface area contributed by atoms with Gasteiger partial charge in [0.2, 0.25) is 0 Å². The van der Waals surface area contributed by atoms with Crippen LogP contribution in [0.3, 0.4) is 0 Å². The van der Waals surface area contributed by atoms with Gasteiger partial charge >= 0.3 is 0 Å². The lowest BCUT2D eigenvalue weighted by molar-refractivity contribution is 0.182. The van der Waals surface area contributed by atoms with Gasteiger partial charge in [0.1, 0.15) is 0 Å². The molecule has 116 valence electrons. The highest BCUT2D eigenvalue weighted by Crippen LogP contribution is 2.33. The number of hydrogen-bond acceptors (Lipinski definition) is 4. The van der Waals surface area contributed by atoms with Crippen molar-refractivity contribution in [3.05, 3.63) is 38.9 Å². The van der Waals surface area contributed by atoms with E-state index in [9.17, 15) is 0 Å². The van der Waals surface area contributed by atoms with Gasteiger partial charge < -0.3 is 14.5 Å². The SMILES string of the molecule is CCCNC(c1ccoc1Br)c1c(Br)cnn1CCOC. The normalized spacial score (nSPS) is 12.8. The maximum absolute atomic E-state index is 5.39. The highest BCUT2D eigenvalue weighted by atomic mass is 79.9. The summed E-state index contributed by atoms with van der Waals surface area (Å²) in [5, 5.41) is 7.98. The summed E-state index contributed by atoms with van der Waals surface area (Å²) in [6.07, 6.45) is 4.55. The molecular formula is C14H19Br2N3O2. The fraction of sp³-hybridized carbons (Fsp3) is 0.500. The van der Waals surface area contributed by atoms with Crippen LogP contribution in [0.5, 0.6) is 0 Å². The molecule has 0 amide bonds. The molecule has 0 aliphatic carbocycles. The Morgan fingerprint density at radius 2 is 2.29 bits per heavy atom. The van der Waals surface area contributed by atoms with Crippen molar-refractivity contribution in [2.75, 3.05) is 20.3 Å². The molecule has 2 heterocycles. The van der Waals surface area contributed by atoms with E-state index in [4.69, 9.17) is 9.15 Å². The third-order valence-corrected chi connectivity index (χ3v) is 4.43. The Morgan fingerprint density at radius 1 is 1.48 bits per heavy atom. The third kappa shape index (κ3) is 3.97. The Morgan fingerprint density at radius 3 is 2.90 bits per heavy atom. The smallest absolute Gasteiger partial charge is 0.174 e. The molecule has 0 radical (unpaired) electrons. The van der Waals surface area contributed by atoms with Gasteiger partial charge in [0, 0.05) is 12.7 Å². The third-order valence-electron chi connectivity index (χ3n) is 3.17. The summed E-state index contributed by atoms with van der Waals surface area (Å²) in [7, 11) is 1.69. The largest absolute Gasteiger partial charge is 0.457 e. The van der Waals surface area contributed by atoms with Crippen molar-refractivity contribution >= 4 is 31.9 Å². The lowest BCUT2D eigenvalue weighted by Crippen LogP contribution is -2.26. The first-order chi connectivity index (χ1) is 10.2. The number of ether oxygens (including phenoxy) is 1. The molecule has 0 fully saturated rings. The Kier molecular flexibility index (Phi) is 6.47. The second kappa shape index (κ2) is 8.12. The van der Waals surface area contributed by atoms with E-state index in [0.29, 0.717) is 13.2 Å². The zero-order chi connectivity index (χ0) is 15.2. The topological polar surface area (TPSA) is 52.2 Å². The number of aromatic nitrogens is 2. The molecule has 0 aliphatic rings. The lowest BCUT2D eigenvalue weighted by atomic mass is 10.1. The number of hydrogen-bond donors (Lipinski definition) is 1. The maximum atomic E-state index is 5.39. The zero-order valence-corrected chi connectivity index (χ0v) is 15.3. The van der Waals surface area contributed by atoms with E-state index in [1.165, 1.54) is 0 Å². The molecule has 0 aliphatic heterocycles. The van der Waals surface area contributed by atoms with Crippen molar-refractivity contribution < 1.29 is 9.15 Å². The van der Waals surface area contributed by atoms with Crippen molar-refractivity contribution in [2.45, 2.75) is 25.9 Å². The van der Waals surface area contributed by atoms with Crippen LogP contribution < -0.4 is 5.32 Å². The van der Waals surface area contributed by atoms with Crippen molar-refractivity contribution in [3.63, 3.8) is 0 Å². The fourth-order valence-corrected chi connectivity index (χ4v) is 3.16. The van der Waals surface area contributed by atoms with Crippen LogP contribution in [0.2, 0.25) is 0 Å². The fourth-order valence-electron chi connectivity index (χ4n) is 2.17. The maximum Gasteiger partial charge on any atom is 0.174 e. The van der Waals surface area contributed by atoms with E-state index in [-0.39, 0.29) is 6.04 Å². The molecule has 21 heavy (non-hydrogen) atoms. The minimum absolute atomic E-state index is 0.00630. The molecule has 1 atom stereocenters. The number of methoxy groups -OCH3 is 1. The Balaban J connectivity index is 2.36. The van der Waals surface area contributed by atoms with Gasteiger partial charge in [-0.2, -0.15) is 5.10 Å². The van der Waals surface area contributed by atoms with E-state index in [1.807, 2.05) is 16.9 Å². The first kappa shape index (κ1) is 16.7. The molecule has 5 nitrogen and oxygen atoms in total. The van der Waals surface area contributed by atoms with Crippen LogP contribution in [0.15, 0.2) is 32.1 Å². The predicted molar refractivity (Wildman–Crippen MR) is 88.3 cm³/mol. The monoisotopic (exact) mass is 419 g/mol. The van der Waals surface area contributed by atoms with E-state index in [0.717, 1.165) is 33.4 Å². The number of nitrogens with zero attached hydrogens (tertiary/aromatic N) is 2. The molecule has 2 aromatic heterocycles. The summed E-state index contributed by atoms with van der Waals surface area (Å²) < 4.78 is 14.2. The van der Waals surface area contributed by atoms with Crippen LogP contribution in [0, 0.1) is 0 Å². The predicted octanol–water partition coefficient (Wildman–Crippen LogP) is 3.74. The van der Waals surface area contributed by atoms with Crippen molar-refractivity contribution in [2.24, 2.45) is 0 Å². The lowest BCUT2D eigenvalue weighted by Gasteiger charge is -2.20. The Labute approximate surface area is 141 Å². The molecular weight excluding hydrogens is 402 g/mol. The highest BCUT2D eigenvalue weighted by Gasteiger charge is 2.24. The van der Waals surface area contributed by atoms with Gasteiger partial charge in [-0.3, -0.25) is 4.68 Å². The summed E-state index contributed by atoms with van der Waals surface area (Å²) in [6.45, 7) is 4.38. The van der Waals surface area contributed by atoms with Crippen LogP contribution in [0.1, 0.15) is 30.6 Å². The van der Waals surface area contributed by atoms with Gasteiger partial charge in [0.05, 0.1) is 41.8 Å². The second-order valence-corrected chi connectivity index (χ2v) is 6.21. The second-order valence-electron chi connectivity index (χ2n) is 4.63. The molecule has 0 spiro atoms. The summed E-state index contributed by atoms with van der Waals surface area (Å²) in [5.74, 6) is 0. The summed E-state index contributed by atoms with van der Waals surface area (Å²) in [5.41, 5.74) is 2.13. The van der Waals surface area contributed by atoms with Gasteiger partial charge in [-0.25, -0.2) is 0 Å². The molecule has 0 bridgehead atoms. The molecule has 2 aromatic rings. The van der Waals surface area contributed by atoms with E-state index < -0.39 is 0 Å². The molecule has 0 aromatic carbocycles. The average Bonchev–Trinajstić information content (AvgIpc) is 3.05. The Hall–Kier alpha value is -0.630. The van der Waals surface area contributed by atoms with Crippen LogP contribution in [0.4, 0.5) is 0 Å².